The van der Waals surface area contributed by atoms with Crippen molar-refractivity contribution in [1.29, 1.82) is 0 Å². The van der Waals surface area contributed by atoms with Crippen molar-refractivity contribution in [2.45, 2.75) is 45.6 Å². The lowest BCUT2D eigenvalue weighted by Crippen LogP contribution is -2.42. The van der Waals surface area contributed by atoms with Gasteiger partial charge in [-0.25, -0.2) is 0 Å². The average molecular weight is 257 g/mol. The number of ether oxygens (including phenoxy) is 1. The van der Waals surface area contributed by atoms with Crippen molar-refractivity contribution in [2.24, 2.45) is 11.8 Å². The topological polar surface area (TPSA) is 75.6 Å². The summed E-state index contributed by atoms with van der Waals surface area (Å²) >= 11 is 0. The Morgan fingerprint density at radius 2 is 1.94 bits per heavy atom. The fraction of sp³-hybridized carbons (Fsp3) is 0.846. The molecule has 1 aliphatic carbocycles. The number of hydrogen-bond donors (Lipinski definition) is 2. The lowest BCUT2D eigenvalue weighted by molar-refractivity contribution is -0.141. The minimum absolute atomic E-state index is 0.0495. The fourth-order valence-electron chi connectivity index (χ4n) is 2.33. The van der Waals surface area contributed by atoms with Gasteiger partial charge in [-0.1, -0.05) is 0 Å². The molecule has 0 heterocycles. The molecule has 0 aromatic carbocycles. The van der Waals surface area contributed by atoms with E-state index in [4.69, 9.17) is 9.84 Å². The number of hydrogen-bond acceptors (Lipinski definition) is 3. The highest BCUT2D eigenvalue weighted by molar-refractivity contribution is 5.80. The van der Waals surface area contributed by atoms with Gasteiger partial charge in [0.25, 0.3) is 0 Å². The maximum absolute atomic E-state index is 11.9. The summed E-state index contributed by atoms with van der Waals surface area (Å²) in [5.41, 5.74) is -0.380. The molecule has 1 amide bonds. The molecule has 104 valence electrons. The lowest BCUT2D eigenvalue weighted by atomic mass is 10.0. The zero-order chi connectivity index (χ0) is 13.8. The predicted octanol–water partition coefficient (Wildman–Crippen LogP) is 1.42. The number of carbonyl (C=O) groups is 2. The second kappa shape index (κ2) is 6.18. The average Bonchev–Trinajstić information content (AvgIpc) is 2.75. The van der Waals surface area contributed by atoms with Crippen LogP contribution < -0.4 is 5.32 Å². The molecule has 0 aromatic rings. The van der Waals surface area contributed by atoms with Gasteiger partial charge in [0.2, 0.25) is 5.91 Å². The Morgan fingerprint density at radius 1 is 1.33 bits per heavy atom. The van der Waals surface area contributed by atoms with Gasteiger partial charge in [0, 0.05) is 19.1 Å². The molecule has 1 rings (SSSR count). The van der Waals surface area contributed by atoms with Gasteiger partial charge >= 0.3 is 5.97 Å². The molecular formula is C13H23NO4. The van der Waals surface area contributed by atoms with Gasteiger partial charge < -0.3 is 15.2 Å². The van der Waals surface area contributed by atoms with Crippen LogP contribution in [0.5, 0.6) is 0 Å². The molecule has 2 atom stereocenters. The van der Waals surface area contributed by atoms with Gasteiger partial charge in [-0.2, -0.15) is 0 Å². The maximum atomic E-state index is 11.9. The molecule has 0 bridgehead atoms. The van der Waals surface area contributed by atoms with Gasteiger partial charge in [0.05, 0.1) is 11.5 Å². The fourth-order valence-corrected chi connectivity index (χ4v) is 2.33. The molecular weight excluding hydrogens is 234 g/mol. The van der Waals surface area contributed by atoms with Gasteiger partial charge in [-0.15, -0.1) is 0 Å². The van der Waals surface area contributed by atoms with Crippen LogP contribution >= 0.6 is 0 Å². The van der Waals surface area contributed by atoms with Gasteiger partial charge in [-0.3, -0.25) is 9.59 Å². The van der Waals surface area contributed by atoms with E-state index in [-0.39, 0.29) is 23.3 Å². The molecule has 5 heteroatoms. The Bertz CT molecular complexity index is 314. The number of nitrogens with one attached hydrogen (secondary N) is 1. The monoisotopic (exact) mass is 257 g/mol. The van der Waals surface area contributed by atoms with E-state index in [0.717, 1.165) is 0 Å². The first kappa shape index (κ1) is 15.0. The lowest BCUT2D eigenvalue weighted by Gasteiger charge is -2.25. The molecule has 0 unspecified atom stereocenters. The molecule has 5 nitrogen and oxygen atoms in total. The van der Waals surface area contributed by atoms with E-state index in [1.807, 2.05) is 20.8 Å². The quantitative estimate of drug-likeness (QED) is 0.754. The van der Waals surface area contributed by atoms with E-state index >= 15 is 0 Å². The number of carboxylic acids is 1. The van der Waals surface area contributed by atoms with Crippen molar-refractivity contribution in [3.63, 3.8) is 0 Å². The summed E-state index contributed by atoms with van der Waals surface area (Å²) < 4.78 is 5.49. The van der Waals surface area contributed by atoms with Crippen molar-refractivity contribution in [2.75, 3.05) is 13.2 Å². The van der Waals surface area contributed by atoms with Gasteiger partial charge in [-0.05, 0) is 40.0 Å². The Hall–Kier alpha value is -1.10. The molecule has 0 aromatic heterocycles. The second-order valence-electron chi connectivity index (χ2n) is 5.46. The normalized spacial score (nSPS) is 23.9. The van der Waals surface area contributed by atoms with Crippen LogP contribution in [0.25, 0.3) is 0 Å². The highest BCUT2D eigenvalue weighted by atomic mass is 16.5. The SMILES string of the molecule is CCOC(C)(C)CNC(=O)[C@@H]1CC[C@H](C(=O)O)C1. The molecule has 0 spiro atoms. The van der Waals surface area contributed by atoms with Crippen LogP contribution in [0.1, 0.15) is 40.0 Å². The molecule has 2 N–H and O–H groups in total. The summed E-state index contributed by atoms with van der Waals surface area (Å²) in [6.45, 7) is 6.82. The van der Waals surface area contributed by atoms with E-state index < -0.39 is 5.97 Å². The third kappa shape index (κ3) is 4.29. The number of aliphatic carboxylic acids is 1. The van der Waals surface area contributed by atoms with Crippen LogP contribution in [0.2, 0.25) is 0 Å². The minimum atomic E-state index is -0.792. The molecule has 0 radical (unpaired) electrons. The first-order chi connectivity index (χ1) is 8.35. The smallest absolute Gasteiger partial charge is 0.306 e. The molecule has 1 saturated carbocycles. The predicted molar refractivity (Wildman–Crippen MR) is 67.2 cm³/mol. The molecule has 1 aliphatic rings. The number of amides is 1. The van der Waals surface area contributed by atoms with Crippen molar-refractivity contribution in [3.8, 4) is 0 Å². The summed E-state index contributed by atoms with van der Waals surface area (Å²) in [5.74, 6) is -1.37. The van der Waals surface area contributed by atoms with E-state index in [9.17, 15) is 9.59 Å². The van der Waals surface area contributed by atoms with Crippen LogP contribution in [0.3, 0.4) is 0 Å². The highest BCUT2D eigenvalue weighted by Gasteiger charge is 2.34. The van der Waals surface area contributed by atoms with Crippen molar-refractivity contribution >= 4 is 11.9 Å². The van der Waals surface area contributed by atoms with Gasteiger partial charge in [0.15, 0.2) is 0 Å². The molecule has 0 saturated heterocycles. The summed E-state index contributed by atoms with van der Waals surface area (Å²) in [6.07, 6.45) is 1.72. The Kier molecular flexibility index (Phi) is 5.14. The summed E-state index contributed by atoms with van der Waals surface area (Å²) in [5, 5.41) is 11.7. The van der Waals surface area contributed by atoms with E-state index in [2.05, 4.69) is 5.32 Å². The summed E-state index contributed by atoms with van der Waals surface area (Å²) in [6, 6.07) is 0. The summed E-state index contributed by atoms with van der Waals surface area (Å²) in [7, 11) is 0. The third-order valence-corrected chi connectivity index (χ3v) is 3.38. The molecule has 1 fully saturated rings. The van der Waals surface area contributed by atoms with Gasteiger partial charge in [0.1, 0.15) is 0 Å². The van der Waals surface area contributed by atoms with Crippen LogP contribution in [-0.2, 0) is 14.3 Å². The minimum Gasteiger partial charge on any atom is -0.481 e. The van der Waals surface area contributed by atoms with Crippen LogP contribution in [0, 0.1) is 11.8 Å². The van der Waals surface area contributed by atoms with E-state index in [0.29, 0.717) is 32.4 Å². The zero-order valence-electron chi connectivity index (χ0n) is 11.4. The molecule has 0 aliphatic heterocycles. The Labute approximate surface area is 108 Å². The van der Waals surface area contributed by atoms with Crippen LogP contribution in [-0.4, -0.2) is 35.7 Å². The highest BCUT2D eigenvalue weighted by Crippen LogP contribution is 2.31. The van der Waals surface area contributed by atoms with Crippen LogP contribution in [0.4, 0.5) is 0 Å². The molecule has 18 heavy (non-hydrogen) atoms. The van der Waals surface area contributed by atoms with Crippen molar-refractivity contribution in [3.05, 3.63) is 0 Å². The number of carbonyl (C=O) groups excluding carboxylic acids is 1. The van der Waals surface area contributed by atoms with E-state index in [1.165, 1.54) is 0 Å². The van der Waals surface area contributed by atoms with Crippen molar-refractivity contribution < 1.29 is 19.4 Å². The standard InChI is InChI=1S/C13H23NO4/c1-4-18-13(2,3)8-14-11(15)9-5-6-10(7-9)12(16)17/h9-10H,4-8H2,1-3H3,(H,14,15)(H,16,17)/t9-,10+/m1/s1. The first-order valence-electron chi connectivity index (χ1n) is 6.50. The third-order valence-electron chi connectivity index (χ3n) is 3.38. The Morgan fingerprint density at radius 3 is 2.44 bits per heavy atom. The first-order valence-corrected chi connectivity index (χ1v) is 6.50. The van der Waals surface area contributed by atoms with E-state index in [1.54, 1.807) is 0 Å². The number of rotatable bonds is 6. The Balaban J connectivity index is 2.36. The second-order valence-corrected chi connectivity index (χ2v) is 5.46. The number of carboxylic acid groups (broad SMARTS) is 1. The largest absolute Gasteiger partial charge is 0.481 e. The summed E-state index contributed by atoms with van der Waals surface area (Å²) in [4.78, 5) is 22.7. The maximum Gasteiger partial charge on any atom is 0.306 e. The van der Waals surface area contributed by atoms with Crippen molar-refractivity contribution in [1.82, 2.24) is 5.32 Å². The zero-order valence-corrected chi connectivity index (χ0v) is 11.4. The van der Waals surface area contributed by atoms with Crippen LogP contribution in [0.15, 0.2) is 0 Å².